The Morgan fingerprint density at radius 2 is 1.57 bits per heavy atom. The number of rotatable bonds is 10. The number of nitrogens with zero attached hydrogens (tertiary/aromatic N) is 2. The van der Waals surface area contributed by atoms with E-state index in [1.165, 1.54) is 29.2 Å². The molecule has 0 bridgehead atoms. The molecule has 37 heavy (non-hydrogen) atoms. The van der Waals surface area contributed by atoms with Gasteiger partial charge in [-0.2, -0.15) is 0 Å². The highest BCUT2D eigenvalue weighted by Gasteiger charge is 2.32. The number of anilines is 1. The number of hydrogen-bond donors (Lipinski definition) is 1. The van der Waals surface area contributed by atoms with Gasteiger partial charge in [-0.15, -0.1) is 0 Å². The summed E-state index contributed by atoms with van der Waals surface area (Å²) >= 11 is 5.97. The molecule has 3 aromatic rings. The normalized spacial score (nSPS) is 12.0. The van der Waals surface area contributed by atoms with Gasteiger partial charge in [0.05, 0.1) is 10.6 Å². The van der Waals surface area contributed by atoms with Gasteiger partial charge in [0.2, 0.25) is 11.8 Å². The summed E-state index contributed by atoms with van der Waals surface area (Å²) in [6.45, 7) is 7.36. The molecule has 3 rings (SSSR count). The molecule has 0 unspecified atom stereocenters. The highest BCUT2D eigenvalue weighted by Crippen LogP contribution is 2.26. The summed E-state index contributed by atoms with van der Waals surface area (Å²) in [5.41, 5.74) is 3.13. The van der Waals surface area contributed by atoms with E-state index in [1.54, 1.807) is 38.1 Å². The Morgan fingerprint density at radius 3 is 2.16 bits per heavy atom. The van der Waals surface area contributed by atoms with Crippen LogP contribution in [-0.2, 0) is 26.2 Å². The first-order valence-corrected chi connectivity index (χ1v) is 13.8. The second-order valence-corrected chi connectivity index (χ2v) is 11.1. The average Bonchev–Trinajstić information content (AvgIpc) is 2.87. The number of nitrogens with one attached hydrogen (secondary N) is 1. The zero-order valence-electron chi connectivity index (χ0n) is 21.4. The zero-order chi connectivity index (χ0) is 27.2. The molecule has 0 radical (unpaired) electrons. The van der Waals surface area contributed by atoms with Crippen LogP contribution in [0.4, 0.5) is 5.69 Å². The number of likely N-dealkylation sites (N-methyl/N-ethyl adjacent to an activating group) is 1. The summed E-state index contributed by atoms with van der Waals surface area (Å²) in [5.74, 6) is -0.813. The van der Waals surface area contributed by atoms with E-state index < -0.39 is 28.5 Å². The lowest BCUT2D eigenvalue weighted by Gasteiger charge is -2.32. The molecule has 0 saturated carbocycles. The van der Waals surface area contributed by atoms with Crippen LogP contribution in [0.15, 0.2) is 77.7 Å². The van der Waals surface area contributed by atoms with Crippen molar-refractivity contribution in [3.63, 3.8) is 0 Å². The van der Waals surface area contributed by atoms with Crippen molar-refractivity contribution in [1.29, 1.82) is 0 Å². The molecule has 0 spiro atoms. The third kappa shape index (κ3) is 6.90. The largest absolute Gasteiger partial charge is 0.355 e. The first-order chi connectivity index (χ1) is 17.5. The van der Waals surface area contributed by atoms with Crippen molar-refractivity contribution in [2.45, 2.75) is 45.2 Å². The van der Waals surface area contributed by atoms with Crippen LogP contribution >= 0.6 is 11.6 Å². The highest BCUT2D eigenvalue weighted by molar-refractivity contribution is 7.92. The SMILES string of the molecule is CCNC(=O)[C@@H](C)N(Cc1ccccc1C)C(=O)CN(c1ccc(C)cc1)S(=O)(=O)c1ccc(Cl)cc1. The molecule has 0 aromatic heterocycles. The Bertz CT molecular complexity index is 1340. The predicted molar refractivity (Wildman–Crippen MR) is 147 cm³/mol. The Kier molecular flexibility index (Phi) is 9.34. The van der Waals surface area contributed by atoms with Crippen LogP contribution in [0.3, 0.4) is 0 Å². The van der Waals surface area contributed by atoms with Gasteiger partial charge in [0.15, 0.2) is 0 Å². The van der Waals surface area contributed by atoms with Gasteiger partial charge in [-0.1, -0.05) is 53.6 Å². The van der Waals surface area contributed by atoms with Gasteiger partial charge in [-0.25, -0.2) is 8.42 Å². The third-order valence-corrected chi connectivity index (χ3v) is 8.16. The van der Waals surface area contributed by atoms with Crippen molar-refractivity contribution >= 4 is 39.1 Å². The molecular weight excluding hydrogens is 510 g/mol. The minimum absolute atomic E-state index is 0.00695. The van der Waals surface area contributed by atoms with E-state index in [9.17, 15) is 18.0 Å². The molecule has 7 nitrogen and oxygen atoms in total. The van der Waals surface area contributed by atoms with E-state index in [0.29, 0.717) is 17.3 Å². The molecule has 0 heterocycles. The van der Waals surface area contributed by atoms with E-state index in [-0.39, 0.29) is 17.3 Å². The molecule has 0 saturated heterocycles. The molecule has 196 valence electrons. The number of aryl methyl sites for hydroxylation is 2. The van der Waals surface area contributed by atoms with E-state index in [2.05, 4.69) is 5.32 Å². The van der Waals surface area contributed by atoms with Crippen LogP contribution in [-0.4, -0.2) is 44.3 Å². The fourth-order valence-corrected chi connectivity index (χ4v) is 5.39. The topological polar surface area (TPSA) is 86.8 Å². The van der Waals surface area contributed by atoms with Crippen molar-refractivity contribution in [3.8, 4) is 0 Å². The maximum Gasteiger partial charge on any atom is 0.264 e. The van der Waals surface area contributed by atoms with Crippen molar-refractivity contribution < 1.29 is 18.0 Å². The molecule has 0 aliphatic carbocycles. The summed E-state index contributed by atoms with van der Waals surface area (Å²) in [6.07, 6.45) is 0. The number of hydrogen-bond acceptors (Lipinski definition) is 4. The van der Waals surface area contributed by atoms with Gasteiger partial charge in [-0.3, -0.25) is 13.9 Å². The van der Waals surface area contributed by atoms with Gasteiger partial charge in [0, 0.05) is 18.1 Å². The maximum atomic E-state index is 13.8. The molecule has 0 fully saturated rings. The zero-order valence-corrected chi connectivity index (χ0v) is 23.0. The van der Waals surface area contributed by atoms with Crippen LogP contribution in [0.1, 0.15) is 30.5 Å². The van der Waals surface area contributed by atoms with Crippen LogP contribution in [0.2, 0.25) is 5.02 Å². The van der Waals surface area contributed by atoms with E-state index >= 15 is 0 Å². The number of carbonyl (C=O) groups is 2. The monoisotopic (exact) mass is 541 g/mol. The van der Waals surface area contributed by atoms with Crippen molar-refractivity contribution in [1.82, 2.24) is 10.2 Å². The van der Waals surface area contributed by atoms with Crippen molar-refractivity contribution in [2.75, 3.05) is 17.4 Å². The van der Waals surface area contributed by atoms with E-state index in [4.69, 9.17) is 11.6 Å². The Morgan fingerprint density at radius 1 is 0.946 bits per heavy atom. The number of amides is 2. The van der Waals surface area contributed by atoms with Crippen LogP contribution in [0, 0.1) is 13.8 Å². The summed E-state index contributed by atoms with van der Waals surface area (Å²) in [7, 11) is -4.12. The van der Waals surface area contributed by atoms with Crippen LogP contribution in [0.5, 0.6) is 0 Å². The average molecular weight is 542 g/mol. The van der Waals surface area contributed by atoms with Crippen molar-refractivity contribution in [2.24, 2.45) is 0 Å². The number of sulfonamides is 1. The van der Waals surface area contributed by atoms with Crippen LogP contribution in [0.25, 0.3) is 0 Å². The fraction of sp³-hybridized carbons (Fsp3) is 0.286. The van der Waals surface area contributed by atoms with Gasteiger partial charge in [-0.05, 0) is 75.2 Å². The Balaban J connectivity index is 2.03. The number of halogens is 1. The first-order valence-electron chi connectivity index (χ1n) is 12.0. The molecule has 1 atom stereocenters. The minimum atomic E-state index is -4.12. The summed E-state index contributed by atoms with van der Waals surface area (Å²) < 4.78 is 28.6. The summed E-state index contributed by atoms with van der Waals surface area (Å²) in [5, 5.41) is 3.16. The van der Waals surface area contributed by atoms with E-state index in [1.807, 2.05) is 38.1 Å². The lowest BCUT2D eigenvalue weighted by Crippen LogP contribution is -2.51. The fourth-order valence-electron chi connectivity index (χ4n) is 3.85. The minimum Gasteiger partial charge on any atom is -0.355 e. The Hall–Kier alpha value is -3.36. The molecular formula is C28H32ClN3O4S. The second-order valence-electron chi connectivity index (χ2n) is 8.82. The molecule has 0 aliphatic heterocycles. The Labute approximate surface area is 224 Å². The second kappa shape index (κ2) is 12.3. The lowest BCUT2D eigenvalue weighted by molar-refractivity contribution is -0.139. The molecule has 1 N–H and O–H groups in total. The van der Waals surface area contributed by atoms with Gasteiger partial charge in [0.1, 0.15) is 12.6 Å². The third-order valence-electron chi connectivity index (χ3n) is 6.12. The lowest BCUT2D eigenvalue weighted by atomic mass is 10.1. The van der Waals surface area contributed by atoms with Crippen LogP contribution < -0.4 is 9.62 Å². The molecule has 2 amide bonds. The maximum absolute atomic E-state index is 13.8. The number of carbonyl (C=O) groups excluding carboxylic acids is 2. The molecule has 0 aliphatic rings. The quantitative estimate of drug-likeness (QED) is 0.403. The standard InChI is InChI=1S/C28H32ClN3O4S/c1-5-30-28(34)22(4)31(18-23-9-7-6-8-21(23)3)27(33)19-32(25-14-10-20(2)11-15-25)37(35,36)26-16-12-24(29)13-17-26/h6-17,22H,5,18-19H2,1-4H3,(H,30,34)/t22-/m1/s1. The number of benzene rings is 3. The molecule has 9 heteroatoms. The van der Waals surface area contributed by atoms with Gasteiger partial charge >= 0.3 is 0 Å². The first kappa shape index (κ1) is 28.2. The van der Waals surface area contributed by atoms with E-state index in [0.717, 1.165) is 21.0 Å². The summed E-state index contributed by atoms with van der Waals surface area (Å²) in [6, 6.07) is 19.5. The highest BCUT2D eigenvalue weighted by atomic mass is 35.5. The molecule has 3 aromatic carbocycles. The van der Waals surface area contributed by atoms with Crippen molar-refractivity contribution in [3.05, 3.63) is 94.5 Å². The smallest absolute Gasteiger partial charge is 0.264 e. The predicted octanol–water partition coefficient (Wildman–Crippen LogP) is 4.71. The summed E-state index contributed by atoms with van der Waals surface area (Å²) in [4.78, 5) is 28.0. The van der Waals surface area contributed by atoms with Gasteiger partial charge < -0.3 is 10.2 Å². The van der Waals surface area contributed by atoms with Gasteiger partial charge in [0.25, 0.3) is 10.0 Å².